The van der Waals surface area contributed by atoms with Crippen molar-refractivity contribution in [3.63, 3.8) is 0 Å². The van der Waals surface area contributed by atoms with E-state index in [9.17, 15) is 0 Å². The first-order chi connectivity index (χ1) is 9.13. The van der Waals surface area contributed by atoms with Crippen molar-refractivity contribution in [2.75, 3.05) is 20.6 Å². The third-order valence-electron chi connectivity index (χ3n) is 3.97. The zero-order chi connectivity index (χ0) is 14.3. The number of hydrogen-bond donors (Lipinski definition) is 1. The third kappa shape index (κ3) is 4.79. The monoisotopic (exact) mass is 282 g/mol. The SMILES string of the molecule is CCC(CC)N(C)CCC(NC)c1ccccc1Cl. The Balaban J connectivity index is 2.61. The molecule has 108 valence electrons. The average Bonchev–Trinajstić information content (AvgIpc) is 2.42. The first-order valence-corrected chi connectivity index (χ1v) is 7.63. The van der Waals surface area contributed by atoms with E-state index in [2.05, 4.69) is 43.2 Å². The molecule has 19 heavy (non-hydrogen) atoms. The molecule has 0 spiro atoms. The molecule has 2 nitrogen and oxygen atoms in total. The summed E-state index contributed by atoms with van der Waals surface area (Å²) in [6.45, 7) is 5.60. The van der Waals surface area contributed by atoms with E-state index in [1.807, 2.05) is 19.2 Å². The van der Waals surface area contributed by atoms with Gasteiger partial charge in [0, 0.05) is 17.1 Å². The van der Waals surface area contributed by atoms with Crippen molar-refractivity contribution >= 4 is 11.6 Å². The van der Waals surface area contributed by atoms with E-state index in [0.717, 1.165) is 18.0 Å². The summed E-state index contributed by atoms with van der Waals surface area (Å²) >= 11 is 6.28. The topological polar surface area (TPSA) is 15.3 Å². The van der Waals surface area contributed by atoms with Crippen LogP contribution in [0.4, 0.5) is 0 Å². The lowest BCUT2D eigenvalue weighted by Crippen LogP contribution is -2.33. The van der Waals surface area contributed by atoms with Gasteiger partial charge < -0.3 is 10.2 Å². The molecule has 0 radical (unpaired) electrons. The summed E-state index contributed by atoms with van der Waals surface area (Å²) in [5, 5.41) is 4.23. The molecule has 1 unspecified atom stereocenters. The zero-order valence-electron chi connectivity index (χ0n) is 12.6. The summed E-state index contributed by atoms with van der Waals surface area (Å²) < 4.78 is 0. The van der Waals surface area contributed by atoms with Crippen LogP contribution in [0, 0.1) is 0 Å². The number of benzene rings is 1. The first kappa shape index (κ1) is 16.5. The molecule has 1 N–H and O–H groups in total. The lowest BCUT2D eigenvalue weighted by atomic mass is 10.0. The molecule has 0 aliphatic rings. The summed E-state index contributed by atoms with van der Waals surface area (Å²) in [6.07, 6.45) is 3.50. The largest absolute Gasteiger partial charge is 0.313 e. The van der Waals surface area contributed by atoms with Crippen molar-refractivity contribution in [3.05, 3.63) is 34.9 Å². The van der Waals surface area contributed by atoms with Crippen LogP contribution in [0.25, 0.3) is 0 Å². The van der Waals surface area contributed by atoms with Crippen LogP contribution in [-0.2, 0) is 0 Å². The Hall–Kier alpha value is -0.570. The standard InChI is InChI=1S/C16H27ClN2/c1-5-13(6-2)19(4)12-11-16(18-3)14-9-7-8-10-15(14)17/h7-10,13,16,18H,5-6,11-12H2,1-4H3. The van der Waals surface area contributed by atoms with Crippen LogP contribution in [0.5, 0.6) is 0 Å². The van der Waals surface area contributed by atoms with Gasteiger partial charge in [-0.15, -0.1) is 0 Å². The van der Waals surface area contributed by atoms with Crippen LogP contribution < -0.4 is 5.32 Å². The summed E-state index contributed by atoms with van der Waals surface area (Å²) in [5.74, 6) is 0. The van der Waals surface area contributed by atoms with Gasteiger partial charge in [-0.2, -0.15) is 0 Å². The molecule has 0 aliphatic heterocycles. The predicted molar refractivity (Wildman–Crippen MR) is 84.9 cm³/mol. The summed E-state index contributed by atoms with van der Waals surface area (Å²) in [7, 11) is 4.22. The molecule has 1 aromatic carbocycles. The average molecular weight is 283 g/mol. The van der Waals surface area contributed by atoms with Gasteiger partial charge in [-0.1, -0.05) is 43.6 Å². The minimum Gasteiger partial charge on any atom is -0.313 e. The molecular weight excluding hydrogens is 256 g/mol. The van der Waals surface area contributed by atoms with Crippen molar-refractivity contribution in [1.29, 1.82) is 0 Å². The van der Waals surface area contributed by atoms with Gasteiger partial charge in [0.2, 0.25) is 0 Å². The number of nitrogens with one attached hydrogen (secondary N) is 1. The van der Waals surface area contributed by atoms with Crippen LogP contribution in [0.15, 0.2) is 24.3 Å². The van der Waals surface area contributed by atoms with Crippen molar-refractivity contribution < 1.29 is 0 Å². The van der Waals surface area contributed by atoms with Crippen molar-refractivity contribution in [3.8, 4) is 0 Å². The fourth-order valence-corrected chi connectivity index (χ4v) is 2.91. The van der Waals surface area contributed by atoms with E-state index in [4.69, 9.17) is 11.6 Å². The number of rotatable bonds is 8. The minimum atomic E-state index is 0.325. The van der Waals surface area contributed by atoms with Gasteiger partial charge >= 0.3 is 0 Å². The van der Waals surface area contributed by atoms with Crippen LogP contribution in [0.2, 0.25) is 5.02 Å². The van der Waals surface area contributed by atoms with Gasteiger partial charge in [0.05, 0.1) is 0 Å². The van der Waals surface area contributed by atoms with Crippen molar-refractivity contribution in [1.82, 2.24) is 10.2 Å². The first-order valence-electron chi connectivity index (χ1n) is 7.25. The molecule has 3 heteroatoms. The Morgan fingerprint density at radius 1 is 1.21 bits per heavy atom. The zero-order valence-corrected chi connectivity index (χ0v) is 13.4. The molecule has 0 aliphatic carbocycles. The fourth-order valence-electron chi connectivity index (χ4n) is 2.64. The molecule has 1 atom stereocenters. The van der Waals surface area contributed by atoms with Crippen molar-refractivity contribution in [2.24, 2.45) is 0 Å². The van der Waals surface area contributed by atoms with Gasteiger partial charge in [0.25, 0.3) is 0 Å². The summed E-state index contributed by atoms with van der Waals surface area (Å²) in [5.41, 5.74) is 1.20. The van der Waals surface area contributed by atoms with Gasteiger partial charge in [-0.3, -0.25) is 0 Å². The highest BCUT2D eigenvalue weighted by molar-refractivity contribution is 6.31. The molecule has 0 saturated heterocycles. The van der Waals surface area contributed by atoms with Crippen molar-refractivity contribution in [2.45, 2.75) is 45.2 Å². The van der Waals surface area contributed by atoms with Crippen LogP contribution in [0.3, 0.4) is 0 Å². The highest BCUT2D eigenvalue weighted by Crippen LogP contribution is 2.25. The van der Waals surface area contributed by atoms with E-state index >= 15 is 0 Å². The molecule has 0 bridgehead atoms. The van der Waals surface area contributed by atoms with Gasteiger partial charge in [-0.05, 0) is 51.5 Å². The maximum absolute atomic E-state index is 6.28. The molecule has 0 amide bonds. The lowest BCUT2D eigenvalue weighted by molar-refractivity contribution is 0.219. The summed E-state index contributed by atoms with van der Waals surface area (Å²) in [6, 6.07) is 9.12. The molecule has 0 fully saturated rings. The number of halogens is 1. The highest BCUT2D eigenvalue weighted by atomic mass is 35.5. The van der Waals surface area contributed by atoms with Crippen LogP contribution in [0.1, 0.15) is 44.7 Å². The second-order valence-electron chi connectivity index (χ2n) is 5.10. The maximum Gasteiger partial charge on any atom is 0.0453 e. The van der Waals surface area contributed by atoms with E-state index in [-0.39, 0.29) is 0 Å². The second-order valence-corrected chi connectivity index (χ2v) is 5.51. The molecular formula is C16H27ClN2. The lowest BCUT2D eigenvalue weighted by Gasteiger charge is -2.28. The molecule has 1 rings (SSSR count). The molecule has 0 heterocycles. The van der Waals surface area contributed by atoms with E-state index in [1.54, 1.807) is 0 Å². The second kappa shape index (κ2) is 8.57. The fraction of sp³-hybridized carbons (Fsp3) is 0.625. The Bertz CT molecular complexity index is 364. The Morgan fingerprint density at radius 3 is 2.37 bits per heavy atom. The Labute approximate surface area is 123 Å². The normalized spacial score (nSPS) is 13.2. The van der Waals surface area contributed by atoms with E-state index in [1.165, 1.54) is 18.4 Å². The Kier molecular flexibility index (Phi) is 7.44. The molecule has 0 aromatic heterocycles. The predicted octanol–water partition coefficient (Wildman–Crippen LogP) is 4.11. The summed E-state index contributed by atoms with van der Waals surface area (Å²) in [4.78, 5) is 2.46. The van der Waals surface area contributed by atoms with Gasteiger partial charge in [-0.25, -0.2) is 0 Å². The third-order valence-corrected chi connectivity index (χ3v) is 4.31. The maximum atomic E-state index is 6.28. The number of nitrogens with zero attached hydrogens (tertiary/aromatic N) is 1. The number of hydrogen-bond acceptors (Lipinski definition) is 2. The van der Waals surface area contributed by atoms with Gasteiger partial charge in [0.1, 0.15) is 0 Å². The van der Waals surface area contributed by atoms with Crippen LogP contribution in [-0.4, -0.2) is 31.6 Å². The Morgan fingerprint density at radius 2 is 1.84 bits per heavy atom. The quantitative estimate of drug-likeness (QED) is 0.772. The van der Waals surface area contributed by atoms with E-state index in [0.29, 0.717) is 12.1 Å². The van der Waals surface area contributed by atoms with Crippen LogP contribution >= 0.6 is 11.6 Å². The minimum absolute atomic E-state index is 0.325. The highest BCUT2D eigenvalue weighted by Gasteiger charge is 2.15. The molecule has 0 saturated carbocycles. The molecule has 1 aromatic rings. The van der Waals surface area contributed by atoms with Gasteiger partial charge in [0.15, 0.2) is 0 Å². The van der Waals surface area contributed by atoms with E-state index < -0.39 is 0 Å². The smallest absolute Gasteiger partial charge is 0.0453 e.